The zero-order chi connectivity index (χ0) is 11.2. The minimum Gasteiger partial charge on any atom is -0.392 e. The molecule has 1 nitrogen and oxygen atoms in total. The minimum atomic E-state index is -0.705. The number of aryl methyl sites for hydroxylation is 1. The van der Waals surface area contributed by atoms with E-state index in [1.807, 2.05) is 0 Å². The van der Waals surface area contributed by atoms with Gasteiger partial charge in [0.15, 0.2) is 0 Å². The molecule has 1 aromatic rings. The van der Waals surface area contributed by atoms with Crippen LogP contribution in [0.15, 0.2) is 12.1 Å². The third-order valence-corrected chi connectivity index (χ3v) is 3.37. The number of rotatable bonds is 2. The van der Waals surface area contributed by atoms with Crippen molar-refractivity contribution in [1.29, 1.82) is 0 Å². The van der Waals surface area contributed by atoms with Crippen LogP contribution < -0.4 is 0 Å². The Morgan fingerprint density at radius 3 is 2.40 bits per heavy atom. The fraction of sp³-hybridized carbons (Fsp3) is 0.500. The summed E-state index contributed by atoms with van der Waals surface area (Å²) in [5.41, 5.74) is -0.184. The van der Waals surface area contributed by atoms with Crippen molar-refractivity contribution < 1.29 is 13.9 Å². The van der Waals surface area contributed by atoms with E-state index in [2.05, 4.69) is 0 Å². The minimum absolute atomic E-state index is 0.0671. The van der Waals surface area contributed by atoms with Gasteiger partial charge in [0.25, 0.3) is 0 Å². The lowest BCUT2D eigenvalue weighted by atomic mass is 9.89. The van der Waals surface area contributed by atoms with Crippen molar-refractivity contribution in [2.24, 2.45) is 0 Å². The molecule has 1 saturated carbocycles. The second-order valence-corrected chi connectivity index (χ2v) is 4.39. The third-order valence-electron chi connectivity index (χ3n) is 3.37. The van der Waals surface area contributed by atoms with Gasteiger partial charge in [0, 0.05) is 11.0 Å². The number of hydrogen-bond acceptors (Lipinski definition) is 1. The van der Waals surface area contributed by atoms with Crippen LogP contribution in [0.2, 0.25) is 0 Å². The summed E-state index contributed by atoms with van der Waals surface area (Å²) >= 11 is 0. The lowest BCUT2D eigenvalue weighted by Crippen LogP contribution is -2.25. The van der Waals surface area contributed by atoms with E-state index in [9.17, 15) is 13.9 Å². The Hall–Kier alpha value is -0.960. The highest BCUT2D eigenvalue weighted by Gasteiger charge is 2.51. The van der Waals surface area contributed by atoms with Crippen LogP contribution in [0.4, 0.5) is 8.78 Å². The predicted molar refractivity (Wildman–Crippen MR) is 53.7 cm³/mol. The molecule has 1 fully saturated rings. The predicted octanol–water partition coefficient (Wildman–Crippen LogP) is 2.69. The van der Waals surface area contributed by atoms with Gasteiger partial charge >= 0.3 is 0 Å². The van der Waals surface area contributed by atoms with Crippen molar-refractivity contribution in [1.82, 2.24) is 0 Å². The molecule has 0 aliphatic heterocycles. The standard InChI is InChI=1S/C12H14F2O/c1-7-3-4-9(13)10(11(7)14)12(5-6-12)8(2)15/h3-4,8,15H,5-6H2,1-2H3. The SMILES string of the molecule is Cc1ccc(F)c(C2(C(C)O)CC2)c1F. The van der Waals surface area contributed by atoms with Gasteiger partial charge in [0.1, 0.15) is 11.6 Å². The van der Waals surface area contributed by atoms with Crippen LogP contribution in [0.1, 0.15) is 30.9 Å². The van der Waals surface area contributed by atoms with Crippen molar-refractivity contribution >= 4 is 0 Å². The van der Waals surface area contributed by atoms with Crippen molar-refractivity contribution in [3.8, 4) is 0 Å². The van der Waals surface area contributed by atoms with Crippen molar-refractivity contribution in [3.05, 3.63) is 34.9 Å². The number of aliphatic hydroxyl groups excluding tert-OH is 1. The molecule has 82 valence electrons. The summed E-state index contributed by atoms with van der Waals surface area (Å²) in [6.45, 7) is 3.20. The Balaban J connectivity index is 2.57. The molecule has 0 heterocycles. The first-order valence-corrected chi connectivity index (χ1v) is 5.12. The van der Waals surface area contributed by atoms with E-state index in [1.54, 1.807) is 13.8 Å². The molecule has 0 spiro atoms. The first-order valence-electron chi connectivity index (χ1n) is 5.12. The highest BCUT2D eigenvalue weighted by atomic mass is 19.1. The molecule has 0 radical (unpaired) electrons. The summed E-state index contributed by atoms with van der Waals surface area (Å²) in [7, 11) is 0. The van der Waals surface area contributed by atoms with Gasteiger partial charge in [-0.2, -0.15) is 0 Å². The summed E-state index contributed by atoms with van der Waals surface area (Å²) in [6.07, 6.45) is 0.604. The van der Waals surface area contributed by atoms with Gasteiger partial charge in [-0.05, 0) is 38.3 Å². The molecule has 15 heavy (non-hydrogen) atoms. The maximum atomic E-state index is 13.8. The van der Waals surface area contributed by atoms with Gasteiger partial charge in [-0.15, -0.1) is 0 Å². The number of hydrogen-bond donors (Lipinski definition) is 1. The second-order valence-electron chi connectivity index (χ2n) is 4.39. The Morgan fingerprint density at radius 2 is 1.93 bits per heavy atom. The van der Waals surface area contributed by atoms with E-state index >= 15 is 0 Å². The molecule has 2 rings (SSSR count). The molecule has 0 saturated heterocycles. The Bertz CT molecular complexity index is 395. The molecule has 0 amide bonds. The van der Waals surface area contributed by atoms with E-state index in [4.69, 9.17) is 0 Å². The van der Waals surface area contributed by atoms with Crippen LogP contribution in [-0.2, 0) is 5.41 Å². The number of halogens is 2. The maximum absolute atomic E-state index is 13.8. The van der Waals surface area contributed by atoms with Crippen LogP contribution >= 0.6 is 0 Å². The zero-order valence-electron chi connectivity index (χ0n) is 8.85. The number of benzene rings is 1. The van der Waals surface area contributed by atoms with Crippen LogP contribution in [0.5, 0.6) is 0 Å². The molecule has 1 unspecified atom stereocenters. The highest BCUT2D eigenvalue weighted by molar-refractivity contribution is 5.38. The van der Waals surface area contributed by atoms with Gasteiger partial charge in [-0.1, -0.05) is 6.07 Å². The molecule has 1 aliphatic rings. The topological polar surface area (TPSA) is 20.2 Å². The molecular formula is C12H14F2O. The average Bonchev–Trinajstić information content (AvgIpc) is 2.93. The van der Waals surface area contributed by atoms with Gasteiger partial charge in [-0.25, -0.2) is 8.78 Å². The molecule has 1 atom stereocenters. The van der Waals surface area contributed by atoms with Crippen LogP contribution in [0.25, 0.3) is 0 Å². The molecule has 3 heteroatoms. The van der Waals surface area contributed by atoms with E-state index in [-0.39, 0.29) is 5.56 Å². The largest absolute Gasteiger partial charge is 0.392 e. The lowest BCUT2D eigenvalue weighted by Gasteiger charge is -2.21. The first-order chi connectivity index (χ1) is 6.99. The van der Waals surface area contributed by atoms with Crippen LogP contribution in [-0.4, -0.2) is 11.2 Å². The van der Waals surface area contributed by atoms with Crippen molar-refractivity contribution in [2.45, 2.75) is 38.2 Å². The monoisotopic (exact) mass is 212 g/mol. The molecular weight excluding hydrogens is 198 g/mol. The summed E-state index contributed by atoms with van der Waals surface area (Å²) in [5.74, 6) is -1.05. The zero-order valence-corrected chi connectivity index (χ0v) is 8.85. The van der Waals surface area contributed by atoms with Crippen molar-refractivity contribution in [3.63, 3.8) is 0 Å². The molecule has 1 aliphatic carbocycles. The van der Waals surface area contributed by atoms with Gasteiger partial charge in [-0.3, -0.25) is 0 Å². The summed E-state index contributed by atoms with van der Waals surface area (Å²) < 4.78 is 27.4. The van der Waals surface area contributed by atoms with Gasteiger partial charge < -0.3 is 5.11 Å². The van der Waals surface area contributed by atoms with Crippen molar-refractivity contribution in [2.75, 3.05) is 0 Å². The van der Waals surface area contributed by atoms with E-state index in [1.165, 1.54) is 12.1 Å². The van der Waals surface area contributed by atoms with Gasteiger partial charge in [0.05, 0.1) is 6.10 Å². The van der Waals surface area contributed by atoms with Crippen LogP contribution in [0, 0.1) is 18.6 Å². The lowest BCUT2D eigenvalue weighted by molar-refractivity contribution is 0.146. The summed E-state index contributed by atoms with van der Waals surface area (Å²) in [6, 6.07) is 2.70. The smallest absolute Gasteiger partial charge is 0.132 e. The molecule has 0 aromatic heterocycles. The van der Waals surface area contributed by atoms with Gasteiger partial charge in [0.2, 0.25) is 0 Å². The second kappa shape index (κ2) is 3.27. The van der Waals surface area contributed by atoms with E-state index in [0.29, 0.717) is 18.4 Å². The summed E-state index contributed by atoms with van der Waals surface area (Å²) in [5, 5.41) is 9.60. The van der Waals surface area contributed by atoms with Crippen LogP contribution in [0.3, 0.4) is 0 Å². The summed E-state index contributed by atoms with van der Waals surface area (Å²) in [4.78, 5) is 0. The Labute approximate surface area is 87.7 Å². The Morgan fingerprint density at radius 1 is 1.33 bits per heavy atom. The first kappa shape index (κ1) is 10.6. The molecule has 0 bridgehead atoms. The fourth-order valence-corrected chi connectivity index (χ4v) is 2.12. The fourth-order valence-electron chi connectivity index (χ4n) is 2.12. The molecule has 1 aromatic carbocycles. The normalized spacial score (nSPS) is 20.1. The highest BCUT2D eigenvalue weighted by Crippen LogP contribution is 2.52. The molecule has 1 N–H and O–H groups in total. The van der Waals surface area contributed by atoms with E-state index < -0.39 is 23.2 Å². The number of aliphatic hydroxyl groups is 1. The quantitative estimate of drug-likeness (QED) is 0.799. The third kappa shape index (κ3) is 1.46. The average molecular weight is 212 g/mol. The van der Waals surface area contributed by atoms with E-state index in [0.717, 1.165) is 0 Å². The maximum Gasteiger partial charge on any atom is 0.132 e. The Kier molecular flexibility index (Phi) is 2.30.